The SMILES string of the molecule is Cc1ccc([C@@H]2C[C@@]2(c2cc(=O)cc(-c3ccccc3)o2)S(=O)(=O)c2ccc(C)cc2)cc1. The van der Waals surface area contributed by atoms with Gasteiger partial charge < -0.3 is 4.42 Å². The molecule has 0 spiro atoms. The van der Waals surface area contributed by atoms with Crippen molar-refractivity contribution < 1.29 is 12.8 Å². The molecule has 166 valence electrons. The minimum atomic E-state index is -3.85. The zero-order valence-electron chi connectivity index (χ0n) is 18.5. The lowest BCUT2D eigenvalue weighted by Crippen LogP contribution is -2.25. The van der Waals surface area contributed by atoms with Crippen LogP contribution in [0.15, 0.2) is 105 Å². The Morgan fingerprint density at radius 3 is 2.06 bits per heavy atom. The summed E-state index contributed by atoms with van der Waals surface area (Å²) < 4.78 is 33.0. The zero-order valence-corrected chi connectivity index (χ0v) is 19.3. The maximum atomic E-state index is 14.1. The number of hydrogen-bond acceptors (Lipinski definition) is 4. The third kappa shape index (κ3) is 3.62. The molecule has 0 bridgehead atoms. The van der Waals surface area contributed by atoms with Gasteiger partial charge in [0.15, 0.2) is 15.3 Å². The molecule has 1 fully saturated rings. The topological polar surface area (TPSA) is 64.3 Å². The predicted octanol–water partition coefficient (Wildman–Crippen LogP) is 5.78. The van der Waals surface area contributed by atoms with Crippen LogP contribution in [0.3, 0.4) is 0 Å². The highest BCUT2D eigenvalue weighted by molar-refractivity contribution is 7.92. The number of sulfone groups is 1. The van der Waals surface area contributed by atoms with Crippen molar-refractivity contribution in [2.45, 2.75) is 35.8 Å². The Bertz CT molecular complexity index is 1470. The van der Waals surface area contributed by atoms with Crippen LogP contribution in [0, 0.1) is 13.8 Å². The molecule has 5 heteroatoms. The summed E-state index contributed by atoms with van der Waals surface area (Å²) in [6.45, 7) is 3.91. The van der Waals surface area contributed by atoms with Gasteiger partial charge in [-0.2, -0.15) is 0 Å². The highest BCUT2D eigenvalue weighted by Crippen LogP contribution is 2.65. The number of aryl methyl sites for hydroxylation is 2. The molecule has 0 N–H and O–H groups in total. The molecular formula is C28H24O4S. The van der Waals surface area contributed by atoms with Gasteiger partial charge in [-0.1, -0.05) is 77.9 Å². The first-order chi connectivity index (χ1) is 15.8. The van der Waals surface area contributed by atoms with E-state index in [0.717, 1.165) is 22.3 Å². The molecule has 4 aromatic rings. The van der Waals surface area contributed by atoms with Crippen LogP contribution in [0.2, 0.25) is 0 Å². The van der Waals surface area contributed by atoms with Crippen molar-refractivity contribution in [1.29, 1.82) is 0 Å². The molecule has 1 heterocycles. The van der Waals surface area contributed by atoms with Crippen LogP contribution in [0.1, 0.15) is 34.8 Å². The first-order valence-electron chi connectivity index (χ1n) is 10.9. The molecule has 3 aromatic carbocycles. The van der Waals surface area contributed by atoms with Crippen molar-refractivity contribution in [3.8, 4) is 11.3 Å². The van der Waals surface area contributed by atoms with Crippen LogP contribution < -0.4 is 5.43 Å². The van der Waals surface area contributed by atoms with Crippen molar-refractivity contribution in [2.75, 3.05) is 0 Å². The fourth-order valence-electron chi connectivity index (χ4n) is 4.49. The lowest BCUT2D eigenvalue weighted by molar-refractivity contribution is 0.476. The number of rotatable bonds is 5. The molecule has 33 heavy (non-hydrogen) atoms. The van der Waals surface area contributed by atoms with E-state index in [-0.39, 0.29) is 22.0 Å². The van der Waals surface area contributed by atoms with Gasteiger partial charge in [-0.25, -0.2) is 8.42 Å². The monoisotopic (exact) mass is 456 g/mol. The number of benzene rings is 3. The molecule has 4 nitrogen and oxygen atoms in total. The third-order valence-electron chi connectivity index (χ3n) is 6.44. The van der Waals surface area contributed by atoms with Gasteiger partial charge in [0.2, 0.25) is 0 Å². The van der Waals surface area contributed by atoms with Crippen LogP contribution >= 0.6 is 0 Å². The second-order valence-corrected chi connectivity index (χ2v) is 11.0. The van der Waals surface area contributed by atoms with Gasteiger partial charge in [0.1, 0.15) is 16.3 Å². The molecule has 0 unspecified atom stereocenters. The van der Waals surface area contributed by atoms with Crippen LogP contribution in [0.4, 0.5) is 0 Å². The second kappa shape index (κ2) is 7.85. The van der Waals surface area contributed by atoms with Gasteiger partial charge in [-0.15, -0.1) is 0 Å². The molecule has 0 radical (unpaired) electrons. The summed E-state index contributed by atoms with van der Waals surface area (Å²) >= 11 is 0. The molecule has 1 aliphatic carbocycles. The first kappa shape index (κ1) is 21.4. The van der Waals surface area contributed by atoms with Gasteiger partial charge in [0, 0.05) is 23.6 Å². The fraction of sp³-hybridized carbons (Fsp3) is 0.179. The van der Waals surface area contributed by atoms with Crippen LogP contribution in [0.25, 0.3) is 11.3 Å². The lowest BCUT2D eigenvalue weighted by atomic mass is 10.1. The summed E-state index contributed by atoms with van der Waals surface area (Å²) in [7, 11) is -3.85. The largest absolute Gasteiger partial charge is 0.459 e. The highest BCUT2D eigenvalue weighted by atomic mass is 32.2. The molecule has 1 aliphatic rings. The van der Waals surface area contributed by atoms with E-state index in [1.807, 2.05) is 68.4 Å². The standard InChI is InChI=1S/C28H24O4S/c1-19-8-12-21(13-9-19)25-18-28(25,33(30,31)24-14-10-20(2)11-15-24)27-17-23(29)16-26(32-27)22-6-4-3-5-7-22/h3-17,25H,18H2,1-2H3/t25-,28+/m0/s1. The third-order valence-corrected chi connectivity index (χ3v) is 8.95. The lowest BCUT2D eigenvalue weighted by Gasteiger charge is -2.19. The fourth-order valence-corrected chi connectivity index (χ4v) is 6.67. The Morgan fingerprint density at radius 1 is 0.818 bits per heavy atom. The average molecular weight is 457 g/mol. The summed E-state index contributed by atoms with van der Waals surface area (Å²) in [5, 5.41) is 0. The van der Waals surface area contributed by atoms with Crippen molar-refractivity contribution >= 4 is 9.84 Å². The van der Waals surface area contributed by atoms with Crippen molar-refractivity contribution in [3.05, 3.63) is 124 Å². The van der Waals surface area contributed by atoms with Crippen molar-refractivity contribution in [1.82, 2.24) is 0 Å². The summed E-state index contributed by atoms with van der Waals surface area (Å²) in [5.41, 5.74) is 3.45. The van der Waals surface area contributed by atoms with E-state index >= 15 is 0 Å². The smallest absolute Gasteiger partial charge is 0.191 e. The molecule has 1 aromatic heterocycles. The van der Waals surface area contributed by atoms with Gasteiger partial charge in [-0.05, 0) is 38.0 Å². The number of hydrogen-bond donors (Lipinski definition) is 0. The van der Waals surface area contributed by atoms with Crippen molar-refractivity contribution in [3.63, 3.8) is 0 Å². The molecule has 0 saturated heterocycles. The Hall–Kier alpha value is -3.44. The van der Waals surface area contributed by atoms with E-state index in [0.29, 0.717) is 12.2 Å². The maximum absolute atomic E-state index is 14.1. The summed E-state index contributed by atoms with van der Waals surface area (Å²) in [6, 6.07) is 26.8. The Balaban J connectivity index is 1.71. The Labute approximate surface area is 193 Å². The van der Waals surface area contributed by atoms with E-state index in [4.69, 9.17) is 4.42 Å². The van der Waals surface area contributed by atoms with E-state index in [1.54, 1.807) is 24.3 Å². The molecule has 2 atom stereocenters. The second-order valence-electron chi connectivity index (χ2n) is 8.76. The highest BCUT2D eigenvalue weighted by Gasteiger charge is 2.67. The van der Waals surface area contributed by atoms with E-state index in [2.05, 4.69) is 0 Å². The summed E-state index contributed by atoms with van der Waals surface area (Å²) in [5.74, 6) is 0.254. The van der Waals surface area contributed by atoms with Gasteiger partial charge in [0.25, 0.3) is 0 Å². The summed E-state index contributed by atoms with van der Waals surface area (Å²) in [4.78, 5) is 12.9. The quantitative estimate of drug-likeness (QED) is 0.382. The zero-order chi connectivity index (χ0) is 23.2. The molecule has 0 amide bonds. The average Bonchev–Trinajstić information content (AvgIpc) is 3.58. The van der Waals surface area contributed by atoms with E-state index in [1.165, 1.54) is 12.1 Å². The minimum absolute atomic E-state index is 0.194. The van der Waals surface area contributed by atoms with Gasteiger partial charge in [-0.3, -0.25) is 4.79 Å². The van der Waals surface area contributed by atoms with Crippen molar-refractivity contribution in [2.24, 2.45) is 0 Å². The molecule has 1 saturated carbocycles. The van der Waals surface area contributed by atoms with Crippen LogP contribution in [-0.4, -0.2) is 8.42 Å². The molecular weight excluding hydrogens is 432 g/mol. The first-order valence-corrected chi connectivity index (χ1v) is 12.4. The predicted molar refractivity (Wildman–Crippen MR) is 129 cm³/mol. The van der Waals surface area contributed by atoms with Crippen LogP contribution in [0.5, 0.6) is 0 Å². The van der Waals surface area contributed by atoms with E-state index in [9.17, 15) is 13.2 Å². The van der Waals surface area contributed by atoms with E-state index < -0.39 is 14.6 Å². The normalized spacial score (nSPS) is 19.9. The van der Waals surface area contributed by atoms with Crippen LogP contribution in [-0.2, 0) is 14.6 Å². The molecule has 0 aliphatic heterocycles. The van der Waals surface area contributed by atoms with Gasteiger partial charge in [0.05, 0.1) is 4.90 Å². The Morgan fingerprint density at radius 2 is 1.42 bits per heavy atom. The molecule has 5 rings (SSSR count). The van der Waals surface area contributed by atoms with Gasteiger partial charge >= 0.3 is 0 Å². The minimum Gasteiger partial charge on any atom is -0.459 e. The maximum Gasteiger partial charge on any atom is 0.191 e. The summed E-state index contributed by atoms with van der Waals surface area (Å²) in [6.07, 6.45) is 0.355. The Kier molecular flexibility index (Phi) is 5.09.